The predicted molar refractivity (Wildman–Crippen MR) is 74.8 cm³/mol. The number of pyridine rings is 1. The number of carbonyl (C=O) groups is 1. The smallest absolute Gasteiger partial charge is 0.305 e. The molecule has 1 amide bonds. The summed E-state index contributed by atoms with van der Waals surface area (Å²) in [5, 5.41) is 16.2. The van der Waals surface area contributed by atoms with Crippen molar-refractivity contribution in [3.8, 4) is 0 Å². The lowest BCUT2D eigenvalue weighted by Crippen LogP contribution is -2.15. The van der Waals surface area contributed by atoms with Crippen LogP contribution in [0.2, 0.25) is 0 Å². The highest BCUT2D eigenvalue weighted by Crippen LogP contribution is 2.28. The Hall–Kier alpha value is -3.03. The molecule has 8 heteroatoms. The van der Waals surface area contributed by atoms with Gasteiger partial charge in [-0.3, -0.25) is 14.9 Å². The molecule has 1 aromatic heterocycles. The first-order chi connectivity index (χ1) is 10.0. The number of para-hydroxylation sites is 1. The highest BCUT2D eigenvalue weighted by molar-refractivity contribution is 6.08. The fraction of sp³-hybridized carbons (Fsp3) is 0.0769. The van der Waals surface area contributed by atoms with Crippen molar-refractivity contribution in [2.75, 3.05) is 17.7 Å². The number of nitrogens with zero attached hydrogens (tertiary/aromatic N) is 2. The number of rotatable bonds is 4. The SMILES string of the molecule is CNc1cccc(C(=O)Nc2ccc(F)cn2)c1[N+](=O)[O-]. The third-order valence-corrected chi connectivity index (χ3v) is 2.70. The Bertz CT molecular complexity index is 688. The Balaban J connectivity index is 2.35. The second kappa shape index (κ2) is 5.95. The van der Waals surface area contributed by atoms with Crippen molar-refractivity contribution in [2.45, 2.75) is 0 Å². The molecule has 0 unspecified atom stereocenters. The van der Waals surface area contributed by atoms with Crippen molar-refractivity contribution in [2.24, 2.45) is 0 Å². The van der Waals surface area contributed by atoms with E-state index in [0.29, 0.717) is 0 Å². The van der Waals surface area contributed by atoms with Crippen LogP contribution in [-0.2, 0) is 0 Å². The van der Waals surface area contributed by atoms with E-state index in [1.165, 1.54) is 31.3 Å². The first kappa shape index (κ1) is 14.4. The van der Waals surface area contributed by atoms with E-state index in [1.54, 1.807) is 0 Å². The van der Waals surface area contributed by atoms with Crippen molar-refractivity contribution in [1.82, 2.24) is 4.98 Å². The third kappa shape index (κ3) is 3.11. The maximum atomic E-state index is 12.7. The van der Waals surface area contributed by atoms with Crippen LogP contribution in [0, 0.1) is 15.9 Å². The summed E-state index contributed by atoms with van der Waals surface area (Å²) in [5.74, 6) is -1.14. The zero-order chi connectivity index (χ0) is 15.4. The molecule has 0 aliphatic rings. The second-order valence-electron chi connectivity index (χ2n) is 4.02. The average molecular weight is 290 g/mol. The minimum absolute atomic E-state index is 0.102. The normalized spacial score (nSPS) is 10.0. The van der Waals surface area contributed by atoms with Crippen LogP contribution in [0.5, 0.6) is 0 Å². The van der Waals surface area contributed by atoms with Crippen molar-refractivity contribution in [3.63, 3.8) is 0 Å². The molecule has 2 aromatic rings. The zero-order valence-corrected chi connectivity index (χ0v) is 11.0. The third-order valence-electron chi connectivity index (χ3n) is 2.70. The maximum Gasteiger partial charge on any atom is 0.305 e. The zero-order valence-electron chi connectivity index (χ0n) is 11.0. The monoisotopic (exact) mass is 290 g/mol. The van der Waals surface area contributed by atoms with Gasteiger partial charge in [-0.25, -0.2) is 9.37 Å². The molecule has 0 aliphatic heterocycles. The number of anilines is 2. The van der Waals surface area contributed by atoms with Gasteiger partial charge in [-0.05, 0) is 24.3 Å². The quantitative estimate of drug-likeness (QED) is 0.665. The van der Waals surface area contributed by atoms with E-state index < -0.39 is 16.6 Å². The van der Waals surface area contributed by atoms with Crippen LogP contribution in [0.25, 0.3) is 0 Å². The molecular weight excluding hydrogens is 279 g/mol. The van der Waals surface area contributed by atoms with Gasteiger partial charge in [-0.15, -0.1) is 0 Å². The van der Waals surface area contributed by atoms with Crippen molar-refractivity contribution >= 4 is 23.1 Å². The summed E-state index contributed by atoms with van der Waals surface area (Å²) in [5.41, 5.74) is -0.225. The largest absolute Gasteiger partial charge is 0.383 e. The van der Waals surface area contributed by atoms with Gasteiger partial charge in [0, 0.05) is 7.05 Å². The Kier molecular flexibility index (Phi) is 4.07. The number of amides is 1. The minimum Gasteiger partial charge on any atom is -0.383 e. The van der Waals surface area contributed by atoms with Gasteiger partial charge in [0.15, 0.2) is 0 Å². The second-order valence-corrected chi connectivity index (χ2v) is 4.02. The number of carbonyl (C=O) groups excluding carboxylic acids is 1. The minimum atomic E-state index is -0.696. The van der Waals surface area contributed by atoms with Crippen LogP contribution in [0.15, 0.2) is 36.5 Å². The van der Waals surface area contributed by atoms with Crippen LogP contribution in [0.4, 0.5) is 21.6 Å². The lowest BCUT2D eigenvalue weighted by Gasteiger charge is -2.08. The summed E-state index contributed by atoms with van der Waals surface area (Å²) in [6, 6.07) is 6.73. The van der Waals surface area contributed by atoms with Crippen LogP contribution in [0.1, 0.15) is 10.4 Å². The molecule has 1 heterocycles. The molecular formula is C13H11FN4O3. The summed E-state index contributed by atoms with van der Waals surface area (Å²) in [4.78, 5) is 26.3. The number of hydrogen-bond acceptors (Lipinski definition) is 5. The number of nitro benzene ring substituents is 1. The highest BCUT2D eigenvalue weighted by Gasteiger charge is 2.24. The number of hydrogen-bond donors (Lipinski definition) is 2. The first-order valence-electron chi connectivity index (χ1n) is 5.91. The molecule has 21 heavy (non-hydrogen) atoms. The first-order valence-corrected chi connectivity index (χ1v) is 5.91. The number of nitrogens with one attached hydrogen (secondary N) is 2. The highest BCUT2D eigenvalue weighted by atomic mass is 19.1. The molecule has 0 radical (unpaired) electrons. The average Bonchev–Trinajstić information content (AvgIpc) is 2.48. The van der Waals surface area contributed by atoms with Gasteiger partial charge in [0.25, 0.3) is 5.91 Å². The van der Waals surface area contributed by atoms with E-state index in [4.69, 9.17) is 0 Å². The lowest BCUT2D eigenvalue weighted by molar-refractivity contribution is -0.384. The molecule has 0 fully saturated rings. The van der Waals surface area contributed by atoms with E-state index in [1.807, 2.05) is 0 Å². The molecule has 2 N–H and O–H groups in total. The van der Waals surface area contributed by atoms with E-state index in [9.17, 15) is 19.3 Å². The van der Waals surface area contributed by atoms with Gasteiger partial charge < -0.3 is 10.6 Å². The molecule has 7 nitrogen and oxygen atoms in total. The standard InChI is InChI=1S/C13H11FN4O3/c1-15-10-4-2-3-9(12(10)18(20)21)13(19)17-11-6-5-8(14)7-16-11/h2-7,15H,1H3,(H,16,17,19). The summed E-state index contributed by atoms with van der Waals surface area (Å²) >= 11 is 0. The Morgan fingerprint density at radius 3 is 2.67 bits per heavy atom. The Morgan fingerprint density at radius 2 is 2.10 bits per heavy atom. The van der Waals surface area contributed by atoms with E-state index in [0.717, 1.165) is 12.3 Å². The van der Waals surface area contributed by atoms with Crippen LogP contribution in [0.3, 0.4) is 0 Å². The predicted octanol–water partition coefficient (Wildman–Crippen LogP) is 2.42. The lowest BCUT2D eigenvalue weighted by atomic mass is 10.1. The van der Waals surface area contributed by atoms with Gasteiger partial charge in [-0.1, -0.05) is 6.07 Å². The molecule has 0 aliphatic carbocycles. The van der Waals surface area contributed by atoms with Gasteiger partial charge in [0.1, 0.15) is 22.9 Å². The molecule has 0 bridgehead atoms. The van der Waals surface area contributed by atoms with Crippen LogP contribution < -0.4 is 10.6 Å². The molecule has 0 spiro atoms. The topological polar surface area (TPSA) is 97.2 Å². The fourth-order valence-corrected chi connectivity index (χ4v) is 1.76. The van der Waals surface area contributed by atoms with Crippen molar-refractivity contribution < 1.29 is 14.1 Å². The van der Waals surface area contributed by atoms with E-state index >= 15 is 0 Å². The Morgan fingerprint density at radius 1 is 1.33 bits per heavy atom. The van der Waals surface area contributed by atoms with Gasteiger partial charge >= 0.3 is 5.69 Å². The van der Waals surface area contributed by atoms with Crippen molar-refractivity contribution in [1.29, 1.82) is 0 Å². The molecule has 0 saturated heterocycles. The number of nitro groups is 1. The summed E-state index contributed by atoms with van der Waals surface area (Å²) in [7, 11) is 1.52. The van der Waals surface area contributed by atoms with Crippen LogP contribution in [-0.4, -0.2) is 22.9 Å². The summed E-state index contributed by atoms with van der Waals surface area (Å²) in [6.07, 6.45) is 0.939. The molecule has 0 atom stereocenters. The molecule has 1 aromatic carbocycles. The van der Waals surface area contributed by atoms with E-state index in [-0.39, 0.29) is 22.8 Å². The summed E-state index contributed by atoms with van der Waals surface area (Å²) in [6.45, 7) is 0. The fourth-order valence-electron chi connectivity index (χ4n) is 1.76. The molecule has 108 valence electrons. The van der Waals surface area contributed by atoms with Crippen molar-refractivity contribution in [3.05, 3.63) is 58.0 Å². The number of halogens is 1. The van der Waals surface area contributed by atoms with Gasteiger partial charge in [-0.2, -0.15) is 0 Å². The van der Waals surface area contributed by atoms with Crippen LogP contribution >= 0.6 is 0 Å². The maximum absolute atomic E-state index is 12.7. The molecule has 0 saturated carbocycles. The number of aromatic nitrogens is 1. The molecule has 2 rings (SSSR count). The van der Waals surface area contributed by atoms with Gasteiger partial charge in [0.2, 0.25) is 0 Å². The van der Waals surface area contributed by atoms with Gasteiger partial charge in [0.05, 0.1) is 11.1 Å². The summed E-state index contributed by atoms with van der Waals surface area (Å²) < 4.78 is 12.7. The Labute approximate surface area is 119 Å². The number of benzene rings is 1. The van der Waals surface area contributed by atoms with E-state index in [2.05, 4.69) is 15.6 Å².